The number of carboxylic acids is 1. The molecule has 0 rings (SSSR count). The summed E-state index contributed by atoms with van der Waals surface area (Å²) >= 11 is 0. The third-order valence-corrected chi connectivity index (χ3v) is 8.35. The Bertz CT molecular complexity index is 533. The van der Waals surface area contributed by atoms with E-state index in [0.717, 1.165) is 38.5 Å². The number of ether oxygens (including phenoxy) is 1. The number of unbranched alkanes of at least 4 members (excludes halogenated alkanes) is 27. The number of rotatable bonds is 33. The second-order valence-corrected chi connectivity index (χ2v) is 12.4. The molecule has 1 atom stereocenters. The standard InChI is InChI=1S/C36H70O4/c1-3-5-7-9-11-13-15-17-19-21-23-25-27-29-31-33-35(37)40-34(36(38)39)32-30-28-26-24-22-20-18-16-14-12-10-8-6-4-2/h34H,3-33H2,1-2H3,(H,38,39). The van der Waals surface area contributed by atoms with Crippen molar-refractivity contribution in [2.24, 2.45) is 0 Å². The van der Waals surface area contributed by atoms with Crippen LogP contribution in [-0.2, 0) is 14.3 Å². The molecule has 4 nitrogen and oxygen atoms in total. The van der Waals surface area contributed by atoms with Crippen molar-refractivity contribution in [1.82, 2.24) is 0 Å². The average molecular weight is 567 g/mol. The molecular formula is C36H70O4. The van der Waals surface area contributed by atoms with E-state index in [0.29, 0.717) is 12.8 Å². The van der Waals surface area contributed by atoms with E-state index in [9.17, 15) is 14.7 Å². The van der Waals surface area contributed by atoms with Gasteiger partial charge < -0.3 is 9.84 Å². The van der Waals surface area contributed by atoms with Crippen LogP contribution in [0.3, 0.4) is 0 Å². The number of esters is 1. The molecule has 0 spiro atoms. The zero-order valence-corrected chi connectivity index (χ0v) is 27.2. The van der Waals surface area contributed by atoms with Crippen LogP contribution in [0.15, 0.2) is 0 Å². The van der Waals surface area contributed by atoms with Crippen LogP contribution < -0.4 is 0 Å². The number of aliphatic carboxylic acids is 1. The summed E-state index contributed by atoms with van der Waals surface area (Å²) in [5.74, 6) is -1.34. The van der Waals surface area contributed by atoms with Crippen molar-refractivity contribution in [3.8, 4) is 0 Å². The van der Waals surface area contributed by atoms with Crippen molar-refractivity contribution in [3.63, 3.8) is 0 Å². The molecule has 0 aliphatic carbocycles. The van der Waals surface area contributed by atoms with Crippen LogP contribution in [-0.4, -0.2) is 23.1 Å². The van der Waals surface area contributed by atoms with E-state index in [-0.39, 0.29) is 5.97 Å². The summed E-state index contributed by atoms with van der Waals surface area (Å²) in [6.45, 7) is 4.54. The molecule has 0 saturated heterocycles. The van der Waals surface area contributed by atoms with Gasteiger partial charge >= 0.3 is 11.9 Å². The van der Waals surface area contributed by atoms with Crippen molar-refractivity contribution in [3.05, 3.63) is 0 Å². The third kappa shape index (κ3) is 29.9. The summed E-state index contributed by atoms with van der Waals surface area (Å²) in [5, 5.41) is 9.45. The lowest BCUT2D eigenvalue weighted by Crippen LogP contribution is -2.27. The van der Waals surface area contributed by atoms with Crippen molar-refractivity contribution >= 4 is 11.9 Å². The van der Waals surface area contributed by atoms with Gasteiger partial charge in [-0.05, 0) is 19.3 Å². The van der Waals surface area contributed by atoms with Gasteiger partial charge in [-0.2, -0.15) is 0 Å². The third-order valence-electron chi connectivity index (χ3n) is 8.35. The molecule has 40 heavy (non-hydrogen) atoms. The Kier molecular flexibility index (Phi) is 31.6. The minimum Gasteiger partial charge on any atom is -0.479 e. The van der Waals surface area contributed by atoms with Crippen LogP contribution >= 0.6 is 0 Å². The topological polar surface area (TPSA) is 63.6 Å². The van der Waals surface area contributed by atoms with Crippen molar-refractivity contribution in [2.75, 3.05) is 0 Å². The van der Waals surface area contributed by atoms with E-state index < -0.39 is 12.1 Å². The van der Waals surface area contributed by atoms with E-state index in [1.165, 1.54) is 148 Å². The van der Waals surface area contributed by atoms with Gasteiger partial charge in [-0.15, -0.1) is 0 Å². The van der Waals surface area contributed by atoms with Gasteiger partial charge in [-0.1, -0.05) is 187 Å². The second-order valence-electron chi connectivity index (χ2n) is 12.4. The summed E-state index contributed by atoms with van der Waals surface area (Å²) < 4.78 is 5.31. The minimum absolute atomic E-state index is 0.340. The van der Waals surface area contributed by atoms with Crippen LogP contribution in [0.1, 0.15) is 213 Å². The number of hydrogen-bond acceptors (Lipinski definition) is 3. The predicted molar refractivity (Wildman–Crippen MR) is 172 cm³/mol. The minimum atomic E-state index is -1.00. The number of carbonyl (C=O) groups is 2. The maximum absolute atomic E-state index is 12.2. The van der Waals surface area contributed by atoms with Crippen LogP contribution in [0.4, 0.5) is 0 Å². The van der Waals surface area contributed by atoms with Gasteiger partial charge in [0.1, 0.15) is 0 Å². The van der Waals surface area contributed by atoms with Crippen LogP contribution in [0.2, 0.25) is 0 Å². The van der Waals surface area contributed by atoms with Crippen molar-refractivity contribution < 1.29 is 19.4 Å². The van der Waals surface area contributed by atoms with Gasteiger partial charge in [-0.25, -0.2) is 4.79 Å². The Morgan fingerprint density at radius 3 is 1.02 bits per heavy atom. The number of carbonyl (C=O) groups excluding carboxylic acids is 1. The highest BCUT2D eigenvalue weighted by atomic mass is 16.6. The molecule has 0 saturated carbocycles. The summed E-state index contributed by atoms with van der Waals surface area (Å²) in [6, 6.07) is 0. The molecule has 0 aromatic carbocycles. The van der Waals surface area contributed by atoms with E-state index in [1.807, 2.05) is 0 Å². The lowest BCUT2D eigenvalue weighted by molar-refractivity contribution is -0.164. The van der Waals surface area contributed by atoms with Crippen LogP contribution in [0.5, 0.6) is 0 Å². The van der Waals surface area contributed by atoms with Gasteiger partial charge in [0.25, 0.3) is 0 Å². The van der Waals surface area contributed by atoms with E-state index >= 15 is 0 Å². The molecule has 0 aromatic rings. The zero-order valence-electron chi connectivity index (χ0n) is 27.2. The largest absolute Gasteiger partial charge is 0.479 e. The first-order valence-electron chi connectivity index (χ1n) is 18.0. The van der Waals surface area contributed by atoms with Crippen molar-refractivity contribution in [2.45, 2.75) is 219 Å². The Morgan fingerprint density at radius 2 is 0.725 bits per heavy atom. The SMILES string of the molecule is CCCCCCCCCCCCCCCCCC(=O)OC(CCCCCCCCCCCCCCCC)C(=O)O. The molecular weight excluding hydrogens is 496 g/mol. The molecule has 0 fully saturated rings. The quantitative estimate of drug-likeness (QED) is 0.0633. The first-order valence-corrected chi connectivity index (χ1v) is 18.0. The normalized spacial score (nSPS) is 12.1. The summed E-state index contributed by atoms with van der Waals surface area (Å²) in [4.78, 5) is 23.7. The molecule has 0 aromatic heterocycles. The first-order chi connectivity index (χ1) is 19.6. The molecule has 0 heterocycles. The maximum Gasteiger partial charge on any atom is 0.345 e. The molecule has 1 unspecified atom stereocenters. The van der Waals surface area contributed by atoms with Gasteiger partial charge in [0.15, 0.2) is 6.10 Å². The Hall–Kier alpha value is -1.06. The molecule has 1 N–H and O–H groups in total. The molecule has 238 valence electrons. The summed E-state index contributed by atoms with van der Waals surface area (Å²) in [7, 11) is 0. The molecule has 0 aliphatic heterocycles. The molecule has 0 bridgehead atoms. The number of hydrogen-bond donors (Lipinski definition) is 1. The lowest BCUT2D eigenvalue weighted by atomic mass is 10.0. The van der Waals surface area contributed by atoms with Gasteiger partial charge in [0.05, 0.1) is 0 Å². The summed E-state index contributed by atoms with van der Waals surface area (Å²) in [5.41, 5.74) is 0. The van der Waals surface area contributed by atoms with Gasteiger partial charge in [0, 0.05) is 6.42 Å². The fourth-order valence-corrected chi connectivity index (χ4v) is 5.62. The fourth-order valence-electron chi connectivity index (χ4n) is 5.62. The van der Waals surface area contributed by atoms with Crippen LogP contribution in [0, 0.1) is 0 Å². The Labute approximate surface area is 250 Å². The Balaban J connectivity index is 3.52. The highest BCUT2D eigenvalue weighted by molar-refractivity contribution is 5.77. The molecule has 0 aliphatic rings. The first kappa shape index (κ1) is 38.9. The molecule has 0 radical (unpaired) electrons. The predicted octanol–water partition coefficient (Wildman–Crippen LogP) is 12.1. The van der Waals surface area contributed by atoms with Crippen molar-refractivity contribution in [1.29, 1.82) is 0 Å². The maximum atomic E-state index is 12.2. The average Bonchev–Trinajstić information content (AvgIpc) is 2.94. The molecule has 0 amide bonds. The van der Waals surface area contributed by atoms with Gasteiger partial charge in [0.2, 0.25) is 0 Å². The van der Waals surface area contributed by atoms with E-state index in [1.54, 1.807) is 0 Å². The second kappa shape index (κ2) is 32.5. The lowest BCUT2D eigenvalue weighted by Gasteiger charge is -2.13. The highest BCUT2D eigenvalue weighted by Gasteiger charge is 2.21. The number of carboxylic acid groups (broad SMARTS) is 1. The molecule has 4 heteroatoms. The zero-order chi connectivity index (χ0) is 29.4. The van der Waals surface area contributed by atoms with Gasteiger partial charge in [-0.3, -0.25) is 4.79 Å². The van der Waals surface area contributed by atoms with E-state index in [4.69, 9.17) is 4.74 Å². The van der Waals surface area contributed by atoms with E-state index in [2.05, 4.69) is 13.8 Å². The smallest absolute Gasteiger partial charge is 0.345 e. The highest BCUT2D eigenvalue weighted by Crippen LogP contribution is 2.16. The Morgan fingerprint density at radius 1 is 0.450 bits per heavy atom. The fraction of sp³-hybridized carbons (Fsp3) is 0.944. The summed E-state index contributed by atoms with van der Waals surface area (Å²) in [6.07, 6.45) is 37.0. The van der Waals surface area contributed by atoms with Crippen LogP contribution in [0.25, 0.3) is 0 Å². The monoisotopic (exact) mass is 567 g/mol.